The zero-order valence-electron chi connectivity index (χ0n) is 12.3. The van der Waals surface area contributed by atoms with E-state index in [0.717, 1.165) is 16.7 Å². The molecule has 0 aromatic heterocycles. The molecule has 1 aromatic rings. The third-order valence-corrected chi connectivity index (χ3v) is 4.57. The van der Waals surface area contributed by atoms with Gasteiger partial charge in [-0.25, -0.2) is 0 Å². The normalized spacial score (nSPS) is 16.3. The lowest BCUT2D eigenvalue weighted by molar-refractivity contribution is -0.124. The number of nitrogens with zero attached hydrogens (tertiary/aromatic N) is 1. The van der Waals surface area contributed by atoms with Crippen molar-refractivity contribution in [3.05, 3.63) is 38.7 Å². The molecule has 0 atom stereocenters. The molecule has 2 rings (SSSR count). The molecule has 0 unspecified atom stereocenters. The largest absolute Gasteiger partial charge is 0.354 e. The van der Waals surface area contributed by atoms with Crippen molar-refractivity contribution < 1.29 is 14.4 Å². The van der Waals surface area contributed by atoms with E-state index in [9.17, 15) is 14.4 Å². The van der Waals surface area contributed by atoms with Gasteiger partial charge in [-0.3, -0.25) is 19.3 Å². The molecule has 0 aliphatic carbocycles. The Balaban J connectivity index is 2.08. The maximum absolute atomic E-state index is 12.3. The molecular formula is C15H14Cl2N2O3S. The Morgan fingerprint density at radius 3 is 2.74 bits per heavy atom. The summed E-state index contributed by atoms with van der Waals surface area (Å²) in [6.07, 6.45) is 1.92. The Kier molecular flexibility index (Phi) is 6.10. The molecule has 1 fully saturated rings. The van der Waals surface area contributed by atoms with Crippen molar-refractivity contribution in [1.82, 2.24) is 10.2 Å². The van der Waals surface area contributed by atoms with Crippen molar-refractivity contribution >= 4 is 58.1 Å². The maximum atomic E-state index is 12.3. The molecule has 1 heterocycles. The minimum Gasteiger partial charge on any atom is -0.354 e. The highest BCUT2D eigenvalue weighted by molar-refractivity contribution is 8.18. The molecule has 0 saturated carbocycles. The molecule has 23 heavy (non-hydrogen) atoms. The van der Waals surface area contributed by atoms with Gasteiger partial charge in [0.25, 0.3) is 11.1 Å². The Bertz CT molecular complexity index is 691. The third kappa shape index (κ3) is 4.50. The summed E-state index contributed by atoms with van der Waals surface area (Å²) in [6.45, 7) is 2.11. The fraction of sp³-hybridized carbons (Fsp3) is 0.267. The van der Waals surface area contributed by atoms with E-state index < -0.39 is 5.91 Å². The lowest BCUT2D eigenvalue weighted by atomic mass is 10.2. The lowest BCUT2D eigenvalue weighted by Crippen LogP contribution is -2.37. The summed E-state index contributed by atoms with van der Waals surface area (Å²) < 4.78 is 0. The quantitative estimate of drug-likeness (QED) is 0.802. The van der Waals surface area contributed by atoms with Gasteiger partial charge in [0.15, 0.2) is 0 Å². The summed E-state index contributed by atoms with van der Waals surface area (Å²) in [5.74, 6) is -0.516. The fourth-order valence-electron chi connectivity index (χ4n) is 1.88. The number of thioether (sulfide) groups is 1. The van der Waals surface area contributed by atoms with Crippen molar-refractivity contribution in [2.75, 3.05) is 13.1 Å². The maximum Gasteiger partial charge on any atom is 0.293 e. The lowest BCUT2D eigenvalue weighted by Gasteiger charge is -2.12. The fourth-order valence-corrected chi connectivity index (χ4v) is 3.20. The van der Waals surface area contributed by atoms with Gasteiger partial charge in [0, 0.05) is 29.6 Å². The van der Waals surface area contributed by atoms with Gasteiger partial charge in [0.2, 0.25) is 5.91 Å². The Morgan fingerprint density at radius 1 is 1.35 bits per heavy atom. The first-order valence-electron chi connectivity index (χ1n) is 6.89. The predicted octanol–water partition coefficient (Wildman–Crippen LogP) is 3.56. The molecule has 0 spiro atoms. The molecule has 3 amide bonds. The number of benzene rings is 1. The molecule has 0 radical (unpaired) electrons. The number of carbonyl (C=O) groups is 3. The molecule has 1 saturated heterocycles. The average molecular weight is 373 g/mol. The molecule has 5 nitrogen and oxygen atoms in total. The number of rotatable bonds is 5. The van der Waals surface area contributed by atoms with Gasteiger partial charge in [-0.15, -0.1) is 0 Å². The van der Waals surface area contributed by atoms with E-state index in [0.29, 0.717) is 26.9 Å². The van der Waals surface area contributed by atoms with Gasteiger partial charge in [-0.2, -0.15) is 0 Å². The van der Waals surface area contributed by atoms with Crippen LogP contribution in [0, 0.1) is 0 Å². The van der Waals surface area contributed by atoms with Crippen LogP contribution in [-0.2, 0) is 9.59 Å². The zero-order chi connectivity index (χ0) is 17.0. The number of hydrogen-bond donors (Lipinski definition) is 1. The molecule has 1 N–H and O–H groups in total. The van der Waals surface area contributed by atoms with E-state index in [2.05, 4.69) is 5.32 Å². The van der Waals surface area contributed by atoms with Crippen LogP contribution in [0.5, 0.6) is 0 Å². The molecular weight excluding hydrogens is 359 g/mol. The van der Waals surface area contributed by atoms with Crippen LogP contribution in [-0.4, -0.2) is 35.0 Å². The van der Waals surface area contributed by atoms with Crippen molar-refractivity contribution in [2.24, 2.45) is 0 Å². The van der Waals surface area contributed by atoms with Gasteiger partial charge in [0.05, 0.1) is 4.91 Å². The van der Waals surface area contributed by atoms with Crippen molar-refractivity contribution in [1.29, 1.82) is 0 Å². The second-order valence-electron chi connectivity index (χ2n) is 4.70. The number of imide groups is 1. The van der Waals surface area contributed by atoms with E-state index in [1.807, 2.05) is 0 Å². The van der Waals surface area contributed by atoms with Gasteiger partial charge < -0.3 is 5.32 Å². The number of amides is 3. The number of hydrogen-bond acceptors (Lipinski definition) is 4. The van der Waals surface area contributed by atoms with E-state index in [1.54, 1.807) is 31.2 Å². The number of halogens is 2. The highest BCUT2D eigenvalue weighted by Gasteiger charge is 2.34. The Hall–Kier alpha value is -1.50. The van der Waals surface area contributed by atoms with E-state index in [4.69, 9.17) is 23.2 Å². The minimum absolute atomic E-state index is 0.125. The third-order valence-electron chi connectivity index (χ3n) is 3.10. The van der Waals surface area contributed by atoms with Crippen LogP contribution < -0.4 is 5.32 Å². The summed E-state index contributed by atoms with van der Waals surface area (Å²) in [7, 11) is 0. The summed E-state index contributed by atoms with van der Waals surface area (Å²) in [5.41, 5.74) is 0.612. The Labute approximate surface area is 148 Å². The molecule has 1 aliphatic rings. The molecule has 8 heteroatoms. The van der Waals surface area contributed by atoms with Crippen LogP contribution in [0.3, 0.4) is 0 Å². The predicted molar refractivity (Wildman–Crippen MR) is 92.4 cm³/mol. The van der Waals surface area contributed by atoms with Gasteiger partial charge >= 0.3 is 0 Å². The van der Waals surface area contributed by atoms with Gasteiger partial charge in [-0.1, -0.05) is 36.2 Å². The second-order valence-corrected chi connectivity index (χ2v) is 6.54. The van der Waals surface area contributed by atoms with Crippen LogP contribution in [0.25, 0.3) is 6.08 Å². The minimum atomic E-state index is -0.392. The molecule has 1 aliphatic heterocycles. The smallest absolute Gasteiger partial charge is 0.293 e. The first-order chi connectivity index (χ1) is 10.9. The SMILES string of the molecule is CCC(=O)NCCN1C(=O)S/C(=C\c2ccc(Cl)cc2Cl)C1=O. The Morgan fingerprint density at radius 2 is 2.09 bits per heavy atom. The van der Waals surface area contributed by atoms with E-state index in [-0.39, 0.29) is 24.2 Å². The average Bonchev–Trinajstić information content (AvgIpc) is 2.77. The molecule has 1 aromatic carbocycles. The summed E-state index contributed by atoms with van der Waals surface area (Å²) in [5, 5.41) is 3.16. The highest BCUT2D eigenvalue weighted by atomic mass is 35.5. The van der Waals surface area contributed by atoms with Gasteiger partial charge in [0.1, 0.15) is 0 Å². The van der Waals surface area contributed by atoms with E-state index >= 15 is 0 Å². The first kappa shape index (κ1) is 17.8. The van der Waals surface area contributed by atoms with Crippen molar-refractivity contribution in [3.8, 4) is 0 Å². The number of nitrogens with one attached hydrogen (secondary N) is 1. The topological polar surface area (TPSA) is 66.5 Å². The number of carbonyl (C=O) groups excluding carboxylic acids is 3. The van der Waals surface area contributed by atoms with Crippen LogP contribution in [0.4, 0.5) is 4.79 Å². The van der Waals surface area contributed by atoms with Crippen LogP contribution in [0.1, 0.15) is 18.9 Å². The van der Waals surface area contributed by atoms with Crippen LogP contribution in [0.15, 0.2) is 23.1 Å². The monoisotopic (exact) mass is 372 g/mol. The van der Waals surface area contributed by atoms with E-state index in [1.165, 1.54) is 0 Å². The van der Waals surface area contributed by atoms with Crippen molar-refractivity contribution in [2.45, 2.75) is 13.3 Å². The summed E-state index contributed by atoms with van der Waals surface area (Å²) in [4.78, 5) is 36.8. The summed E-state index contributed by atoms with van der Waals surface area (Å²) >= 11 is 12.7. The summed E-state index contributed by atoms with van der Waals surface area (Å²) in [6, 6.07) is 4.91. The molecule has 0 bridgehead atoms. The standard InChI is InChI=1S/C15H14Cl2N2O3S/c1-2-13(20)18-5-6-19-14(21)12(23-15(19)22)7-9-3-4-10(16)8-11(9)17/h3-4,7-8H,2,5-6H2,1H3,(H,18,20)/b12-7-. The van der Waals surface area contributed by atoms with Crippen LogP contribution in [0.2, 0.25) is 10.0 Å². The molecule has 122 valence electrons. The van der Waals surface area contributed by atoms with Crippen LogP contribution >= 0.6 is 35.0 Å². The van der Waals surface area contributed by atoms with Crippen molar-refractivity contribution in [3.63, 3.8) is 0 Å². The second kappa shape index (κ2) is 7.86. The highest BCUT2D eigenvalue weighted by Crippen LogP contribution is 2.33. The zero-order valence-corrected chi connectivity index (χ0v) is 14.6. The van der Waals surface area contributed by atoms with Gasteiger partial charge in [-0.05, 0) is 35.5 Å². The first-order valence-corrected chi connectivity index (χ1v) is 8.46.